The Labute approximate surface area is 188 Å². The molecule has 2 aromatic rings. The number of likely N-dealkylation sites (tertiary alicyclic amines) is 1. The molecule has 32 heavy (non-hydrogen) atoms. The second-order valence-corrected chi connectivity index (χ2v) is 8.27. The number of carbonyl (C=O) groups is 3. The Morgan fingerprint density at radius 2 is 1.81 bits per heavy atom. The fourth-order valence-corrected chi connectivity index (χ4v) is 4.47. The lowest BCUT2D eigenvalue weighted by Crippen LogP contribution is -2.53. The van der Waals surface area contributed by atoms with Crippen molar-refractivity contribution in [2.75, 3.05) is 25.5 Å². The number of hydrogen-bond acceptors (Lipinski definition) is 4. The second-order valence-electron chi connectivity index (χ2n) is 8.27. The van der Waals surface area contributed by atoms with E-state index in [1.165, 1.54) is 7.11 Å². The molecule has 2 aliphatic heterocycles. The third-order valence-electron chi connectivity index (χ3n) is 6.24. The van der Waals surface area contributed by atoms with Crippen LogP contribution in [0.15, 0.2) is 42.5 Å². The predicted molar refractivity (Wildman–Crippen MR) is 122 cm³/mol. The Kier molecular flexibility index (Phi) is 6.44. The van der Waals surface area contributed by atoms with Gasteiger partial charge in [-0.25, -0.2) is 0 Å². The predicted octanol–water partition coefficient (Wildman–Crippen LogP) is 3.23. The highest BCUT2D eigenvalue weighted by molar-refractivity contribution is 6.00. The average molecular weight is 436 g/mol. The van der Waals surface area contributed by atoms with Crippen molar-refractivity contribution in [3.63, 3.8) is 0 Å². The third-order valence-corrected chi connectivity index (χ3v) is 6.24. The molecule has 2 heterocycles. The smallest absolute Gasteiger partial charge is 0.258 e. The van der Waals surface area contributed by atoms with Gasteiger partial charge in [0.2, 0.25) is 11.8 Å². The fraction of sp³-hybridized carbons (Fsp3) is 0.400. The molecule has 1 unspecified atom stereocenters. The highest BCUT2D eigenvalue weighted by Crippen LogP contribution is 2.31. The summed E-state index contributed by atoms with van der Waals surface area (Å²) in [6.07, 6.45) is 2.83. The van der Waals surface area contributed by atoms with Crippen molar-refractivity contribution in [3.8, 4) is 5.75 Å². The van der Waals surface area contributed by atoms with Crippen LogP contribution in [0.25, 0.3) is 0 Å². The van der Waals surface area contributed by atoms with Crippen LogP contribution in [0.1, 0.15) is 47.7 Å². The normalized spacial score (nSPS) is 17.6. The number of fused-ring (bicyclic) bond motifs is 1. The lowest BCUT2D eigenvalue weighted by Gasteiger charge is -2.38. The molecule has 1 atom stereocenters. The Morgan fingerprint density at radius 3 is 2.53 bits per heavy atom. The summed E-state index contributed by atoms with van der Waals surface area (Å²) in [7, 11) is 1.53. The number of methoxy groups -OCH3 is 1. The van der Waals surface area contributed by atoms with Crippen LogP contribution in [-0.4, -0.2) is 53.8 Å². The minimum Gasteiger partial charge on any atom is -0.496 e. The summed E-state index contributed by atoms with van der Waals surface area (Å²) in [5.41, 5.74) is 3.10. The molecule has 4 rings (SSSR count). The molecular weight excluding hydrogens is 406 g/mol. The largest absolute Gasteiger partial charge is 0.496 e. The van der Waals surface area contributed by atoms with Crippen molar-refractivity contribution in [1.29, 1.82) is 0 Å². The van der Waals surface area contributed by atoms with Gasteiger partial charge < -0.3 is 19.9 Å². The molecule has 0 aromatic heterocycles. The van der Waals surface area contributed by atoms with Gasteiger partial charge in [0, 0.05) is 38.2 Å². The number of amides is 3. The van der Waals surface area contributed by atoms with E-state index in [2.05, 4.69) is 5.32 Å². The van der Waals surface area contributed by atoms with Gasteiger partial charge >= 0.3 is 0 Å². The molecule has 2 aliphatic rings. The van der Waals surface area contributed by atoms with Gasteiger partial charge in [0.1, 0.15) is 11.8 Å². The molecule has 7 nitrogen and oxygen atoms in total. The van der Waals surface area contributed by atoms with E-state index < -0.39 is 6.04 Å². The van der Waals surface area contributed by atoms with Gasteiger partial charge in [-0.05, 0) is 48.2 Å². The van der Waals surface area contributed by atoms with Crippen LogP contribution in [0, 0.1) is 0 Å². The monoisotopic (exact) mass is 435 g/mol. The molecule has 0 radical (unpaired) electrons. The quantitative estimate of drug-likeness (QED) is 0.782. The Morgan fingerprint density at radius 1 is 1.06 bits per heavy atom. The van der Waals surface area contributed by atoms with Crippen LogP contribution >= 0.6 is 0 Å². The van der Waals surface area contributed by atoms with E-state index in [1.54, 1.807) is 30.0 Å². The number of rotatable bonds is 5. The zero-order valence-electron chi connectivity index (χ0n) is 18.6. The third kappa shape index (κ3) is 4.33. The van der Waals surface area contributed by atoms with Crippen LogP contribution in [-0.2, 0) is 22.6 Å². The van der Waals surface area contributed by atoms with E-state index in [-0.39, 0.29) is 17.7 Å². The van der Waals surface area contributed by atoms with Crippen molar-refractivity contribution >= 4 is 23.4 Å². The maximum atomic E-state index is 13.6. The molecule has 2 aromatic carbocycles. The summed E-state index contributed by atoms with van der Waals surface area (Å²) in [4.78, 5) is 42.4. The number of carbonyl (C=O) groups excluding carboxylic acids is 3. The van der Waals surface area contributed by atoms with E-state index in [4.69, 9.17) is 4.74 Å². The first-order chi connectivity index (χ1) is 15.5. The molecule has 3 amide bonds. The van der Waals surface area contributed by atoms with Crippen molar-refractivity contribution < 1.29 is 19.1 Å². The summed E-state index contributed by atoms with van der Waals surface area (Å²) in [5, 5.41) is 2.88. The number of anilines is 1. The molecule has 1 fully saturated rings. The highest BCUT2D eigenvalue weighted by atomic mass is 16.5. The van der Waals surface area contributed by atoms with Crippen LogP contribution < -0.4 is 10.1 Å². The van der Waals surface area contributed by atoms with E-state index in [1.807, 2.05) is 29.2 Å². The van der Waals surface area contributed by atoms with Gasteiger partial charge in [-0.2, -0.15) is 0 Å². The van der Waals surface area contributed by atoms with E-state index in [9.17, 15) is 14.4 Å². The maximum Gasteiger partial charge on any atom is 0.258 e. The minimum absolute atomic E-state index is 0.000222. The lowest BCUT2D eigenvalue weighted by molar-refractivity contribution is -0.135. The number of nitrogens with zero attached hydrogens (tertiary/aromatic N) is 2. The van der Waals surface area contributed by atoms with E-state index >= 15 is 0 Å². The molecule has 0 aliphatic carbocycles. The minimum atomic E-state index is -0.561. The molecular formula is C25H29N3O4. The topological polar surface area (TPSA) is 79.0 Å². The molecule has 1 saturated heterocycles. The molecule has 0 spiro atoms. The second kappa shape index (κ2) is 9.42. The van der Waals surface area contributed by atoms with Gasteiger partial charge in [-0.1, -0.05) is 25.1 Å². The Hall–Kier alpha value is -3.35. The number of benzene rings is 2. The number of nitrogens with one attached hydrogen (secondary N) is 1. The summed E-state index contributed by atoms with van der Waals surface area (Å²) in [5.74, 6) is 0.192. The number of para-hydroxylation sites is 1. The summed E-state index contributed by atoms with van der Waals surface area (Å²) >= 11 is 0. The SMILES string of the molecule is CCC(=O)Nc1ccc2c(c1)CN(C(=O)c1ccccc1OC)C(C(=O)N1CCCC1)C2. The van der Waals surface area contributed by atoms with Crippen LogP contribution in [0.2, 0.25) is 0 Å². The van der Waals surface area contributed by atoms with Gasteiger partial charge in [0.15, 0.2) is 0 Å². The first-order valence-corrected chi connectivity index (χ1v) is 11.2. The standard InChI is InChI=1S/C25H29N3O4/c1-3-23(29)26-19-11-10-17-15-21(25(31)27-12-6-7-13-27)28(16-18(17)14-19)24(30)20-8-4-5-9-22(20)32-2/h4-5,8-11,14,21H,3,6-7,12-13,15-16H2,1-2H3,(H,26,29). The fourth-order valence-electron chi connectivity index (χ4n) is 4.47. The molecule has 1 N–H and O–H groups in total. The molecule has 168 valence electrons. The van der Waals surface area contributed by atoms with Gasteiger partial charge in [0.05, 0.1) is 12.7 Å². The zero-order valence-corrected chi connectivity index (χ0v) is 18.6. The molecule has 0 bridgehead atoms. The first-order valence-electron chi connectivity index (χ1n) is 11.2. The van der Waals surface area contributed by atoms with Gasteiger partial charge in [0.25, 0.3) is 5.91 Å². The van der Waals surface area contributed by atoms with E-state index in [0.717, 1.165) is 37.1 Å². The molecule has 7 heteroatoms. The van der Waals surface area contributed by atoms with Gasteiger partial charge in [-0.3, -0.25) is 14.4 Å². The Balaban J connectivity index is 1.69. The lowest BCUT2D eigenvalue weighted by atomic mass is 9.91. The van der Waals surface area contributed by atoms with Crippen molar-refractivity contribution in [2.24, 2.45) is 0 Å². The van der Waals surface area contributed by atoms with Crippen molar-refractivity contribution in [1.82, 2.24) is 9.80 Å². The number of hydrogen-bond donors (Lipinski definition) is 1. The summed E-state index contributed by atoms with van der Waals surface area (Å²) in [6, 6.07) is 12.3. The maximum absolute atomic E-state index is 13.6. The highest BCUT2D eigenvalue weighted by Gasteiger charge is 2.38. The van der Waals surface area contributed by atoms with E-state index in [0.29, 0.717) is 36.4 Å². The van der Waals surface area contributed by atoms with Crippen LogP contribution in [0.3, 0.4) is 0 Å². The zero-order chi connectivity index (χ0) is 22.7. The molecule has 0 saturated carbocycles. The van der Waals surface area contributed by atoms with Gasteiger partial charge in [-0.15, -0.1) is 0 Å². The van der Waals surface area contributed by atoms with Crippen molar-refractivity contribution in [2.45, 2.75) is 45.2 Å². The van der Waals surface area contributed by atoms with Crippen LogP contribution in [0.5, 0.6) is 5.75 Å². The first kappa shape index (κ1) is 21.9. The van der Waals surface area contributed by atoms with Crippen LogP contribution in [0.4, 0.5) is 5.69 Å². The Bertz CT molecular complexity index is 1030. The number of ether oxygens (including phenoxy) is 1. The average Bonchev–Trinajstić information content (AvgIpc) is 3.37. The summed E-state index contributed by atoms with van der Waals surface area (Å²) in [6.45, 7) is 3.57. The summed E-state index contributed by atoms with van der Waals surface area (Å²) < 4.78 is 5.41. The van der Waals surface area contributed by atoms with Crippen molar-refractivity contribution in [3.05, 3.63) is 59.2 Å².